The molecule has 3 aromatic rings. The van der Waals surface area contributed by atoms with Crippen LogP contribution in [0.3, 0.4) is 0 Å². The Bertz CT molecular complexity index is 885. The van der Waals surface area contributed by atoms with E-state index in [4.69, 9.17) is 0 Å². The maximum absolute atomic E-state index is 11.6. The summed E-state index contributed by atoms with van der Waals surface area (Å²) in [5, 5.41) is 5.92. The van der Waals surface area contributed by atoms with Crippen molar-refractivity contribution in [3.63, 3.8) is 0 Å². The fourth-order valence-electron chi connectivity index (χ4n) is 2.78. The van der Waals surface area contributed by atoms with E-state index >= 15 is 0 Å². The molecule has 1 nitrogen and oxygen atoms in total. The van der Waals surface area contributed by atoms with Crippen LogP contribution in [-0.2, 0) is 4.79 Å². The van der Waals surface area contributed by atoms with Crippen molar-refractivity contribution >= 4 is 51.9 Å². The van der Waals surface area contributed by atoms with Gasteiger partial charge in [0.1, 0.15) is 0 Å². The summed E-state index contributed by atoms with van der Waals surface area (Å²) >= 11 is 0. The van der Waals surface area contributed by atoms with Crippen molar-refractivity contribution < 1.29 is 4.79 Å². The van der Waals surface area contributed by atoms with Gasteiger partial charge in [-0.25, -0.2) is 0 Å². The van der Waals surface area contributed by atoms with E-state index < -0.39 is 0 Å². The second-order valence-corrected chi connectivity index (χ2v) is 4.64. The third kappa shape index (κ3) is 1.66. The van der Waals surface area contributed by atoms with Crippen LogP contribution < -0.4 is 5.22 Å². The van der Waals surface area contributed by atoms with Crippen LogP contribution in [0.1, 0.15) is 5.56 Å². The van der Waals surface area contributed by atoms with Gasteiger partial charge < -0.3 is 0 Å². The van der Waals surface area contributed by atoms with Gasteiger partial charge in [-0.1, -0.05) is 42.5 Å². The highest BCUT2D eigenvalue weighted by Gasteiger charge is 2.09. The van der Waals surface area contributed by atoms with Crippen LogP contribution in [0.15, 0.2) is 48.5 Å². The minimum Gasteiger partial charge on any atom is -0.290 e. The number of allylic oxidation sites excluding steroid dienone is 1. The number of fused-ring (bicyclic) bond motifs is 2. The first-order chi connectivity index (χ1) is 8.83. The highest BCUT2D eigenvalue weighted by molar-refractivity contribution is 6.20. The molecule has 0 saturated heterocycles. The topological polar surface area (TPSA) is 17.1 Å². The Kier molecular flexibility index (Phi) is 2.65. The molecule has 0 amide bonds. The van der Waals surface area contributed by atoms with E-state index in [0.29, 0.717) is 0 Å². The Morgan fingerprint density at radius 2 is 1.58 bits per heavy atom. The first kappa shape index (κ1) is 11.9. The molecule has 0 saturated carbocycles. The third-order valence-electron chi connectivity index (χ3n) is 3.56. The molecule has 0 aromatic heterocycles. The number of rotatable bonds is 0. The van der Waals surface area contributed by atoms with Crippen molar-refractivity contribution in [2.45, 2.75) is 0 Å². The molecule has 0 heterocycles. The Morgan fingerprint density at radius 3 is 2.42 bits per heavy atom. The normalized spacial score (nSPS) is 13.2. The molecule has 0 N–H and O–H groups in total. The van der Waals surface area contributed by atoms with Crippen LogP contribution in [0.25, 0.3) is 33.7 Å². The molecule has 92 valence electrons. The lowest BCUT2D eigenvalue weighted by Gasteiger charge is -2.10. The first-order valence-electron chi connectivity index (χ1n) is 6.01. The van der Waals surface area contributed by atoms with Gasteiger partial charge in [-0.05, 0) is 50.5 Å². The Morgan fingerprint density at radius 1 is 0.842 bits per heavy atom. The summed E-state index contributed by atoms with van der Waals surface area (Å²) in [5.74, 6) is 0.0681. The molecular formula is C17H11ClO. The Labute approximate surface area is 116 Å². The van der Waals surface area contributed by atoms with Gasteiger partial charge in [0.05, 0.1) is 0 Å². The van der Waals surface area contributed by atoms with Gasteiger partial charge in [0.2, 0.25) is 0 Å². The van der Waals surface area contributed by atoms with Gasteiger partial charge in [-0.15, -0.1) is 12.4 Å². The molecule has 0 aliphatic heterocycles. The van der Waals surface area contributed by atoms with Crippen LogP contribution in [0.4, 0.5) is 0 Å². The summed E-state index contributed by atoms with van der Waals surface area (Å²) in [6, 6.07) is 14.7. The van der Waals surface area contributed by atoms with Crippen molar-refractivity contribution in [3.05, 3.63) is 59.3 Å². The third-order valence-corrected chi connectivity index (χ3v) is 3.56. The zero-order chi connectivity index (χ0) is 12.1. The Hall–Kier alpha value is -2.12. The molecule has 1 aliphatic carbocycles. The predicted octanol–water partition coefficient (Wildman–Crippen LogP) is 3.51. The average molecular weight is 267 g/mol. The SMILES string of the molecule is Cl.O=C1C=Cc2cc3cccc4cccc(c2=C1)c43. The molecule has 4 rings (SSSR count). The molecule has 0 fully saturated rings. The van der Waals surface area contributed by atoms with Gasteiger partial charge in [-0.3, -0.25) is 4.79 Å². The molecule has 0 radical (unpaired) electrons. The van der Waals surface area contributed by atoms with Crippen molar-refractivity contribution in [3.8, 4) is 0 Å². The van der Waals surface area contributed by atoms with E-state index in [9.17, 15) is 4.79 Å². The van der Waals surface area contributed by atoms with Crippen LogP contribution in [0.5, 0.6) is 0 Å². The van der Waals surface area contributed by atoms with Crippen LogP contribution in [0, 0.1) is 0 Å². The number of halogens is 1. The summed E-state index contributed by atoms with van der Waals surface area (Å²) in [4.78, 5) is 11.6. The van der Waals surface area contributed by atoms with Crippen molar-refractivity contribution in [2.24, 2.45) is 0 Å². The lowest BCUT2D eigenvalue weighted by atomic mass is 9.93. The second kappa shape index (κ2) is 4.22. The van der Waals surface area contributed by atoms with Gasteiger partial charge in [0.15, 0.2) is 5.78 Å². The van der Waals surface area contributed by atoms with E-state index in [2.05, 4.69) is 36.4 Å². The Balaban J connectivity index is 0.00000110. The summed E-state index contributed by atoms with van der Waals surface area (Å²) in [7, 11) is 0. The smallest absolute Gasteiger partial charge is 0.179 e. The highest BCUT2D eigenvalue weighted by atomic mass is 35.5. The highest BCUT2D eigenvalue weighted by Crippen LogP contribution is 2.26. The first-order valence-corrected chi connectivity index (χ1v) is 6.01. The second-order valence-electron chi connectivity index (χ2n) is 4.64. The number of benzene rings is 3. The number of carbonyl (C=O) groups excluding carboxylic acids is 1. The molecule has 0 bridgehead atoms. The summed E-state index contributed by atoms with van der Waals surface area (Å²) in [5.41, 5.74) is 1.13. The molecule has 0 atom stereocenters. The number of hydrogen-bond acceptors (Lipinski definition) is 1. The van der Waals surface area contributed by atoms with Gasteiger partial charge >= 0.3 is 0 Å². The fraction of sp³-hybridized carbons (Fsp3) is 0. The molecule has 0 unspecified atom stereocenters. The van der Waals surface area contributed by atoms with Gasteiger partial charge in [0.25, 0.3) is 0 Å². The van der Waals surface area contributed by atoms with E-state index in [0.717, 1.165) is 10.8 Å². The summed E-state index contributed by atoms with van der Waals surface area (Å²) < 4.78 is 0. The maximum Gasteiger partial charge on any atom is 0.179 e. The van der Waals surface area contributed by atoms with E-state index in [1.165, 1.54) is 21.5 Å². The minimum absolute atomic E-state index is 0. The maximum atomic E-state index is 11.6. The lowest BCUT2D eigenvalue weighted by molar-refractivity contribution is -0.109. The van der Waals surface area contributed by atoms with Crippen molar-refractivity contribution in [2.75, 3.05) is 0 Å². The summed E-state index contributed by atoms with van der Waals surface area (Å²) in [6.45, 7) is 0. The predicted molar refractivity (Wildman–Crippen MR) is 82.4 cm³/mol. The lowest BCUT2D eigenvalue weighted by Crippen LogP contribution is -2.13. The molecule has 19 heavy (non-hydrogen) atoms. The van der Waals surface area contributed by atoms with E-state index in [1.807, 2.05) is 12.1 Å². The fourth-order valence-corrected chi connectivity index (χ4v) is 2.78. The van der Waals surface area contributed by atoms with Crippen molar-refractivity contribution in [1.29, 1.82) is 0 Å². The zero-order valence-corrected chi connectivity index (χ0v) is 10.9. The quantitative estimate of drug-likeness (QED) is 0.609. The van der Waals surface area contributed by atoms with E-state index in [-0.39, 0.29) is 18.2 Å². The zero-order valence-electron chi connectivity index (χ0n) is 10.1. The molecule has 1 aliphatic rings. The van der Waals surface area contributed by atoms with Crippen LogP contribution in [-0.4, -0.2) is 5.78 Å². The largest absolute Gasteiger partial charge is 0.290 e. The molecule has 3 aromatic carbocycles. The minimum atomic E-state index is 0. The van der Waals surface area contributed by atoms with Crippen LogP contribution >= 0.6 is 12.4 Å². The van der Waals surface area contributed by atoms with Gasteiger partial charge in [0, 0.05) is 0 Å². The number of ketones is 1. The number of carbonyl (C=O) groups is 1. The monoisotopic (exact) mass is 266 g/mol. The molecule has 2 heteroatoms. The summed E-state index contributed by atoms with van der Waals surface area (Å²) in [6.07, 6.45) is 5.27. The molecule has 0 spiro atoms. The molecular weight excluding hydrogens is 256 g/mol. The van der Waals surface area contributed by atoms with Crippen molar-refractivity contribution in [1.82, 2.24) is 0 Å². The van der Waals surface area contributed by atoms with Gasteiger partial charge in [-0.2, -0.15) is 0 Å². The standard InChI is InChI=1S/C17H10O.ClH/c18-14-8-7-12-9-13-5-1-3-11-4-2-6-15(17(11)13)16(12)10-14;/h1-10H;1H. The van der Waals surface area contributed by atoms with E-state index in [1.54, 1.807) is 12.2 Å². The average Bonchev–Trinajstić information content (AvgIpc) is 2.40. The van der Waals surface area contributed by atoms with Crippen LogP contribution in [0.2, 0.25) is 0 Å². The number of hydrogen-bond donors (Lipinski definition) is 0.